The second kappa shape index (κ2) is 7.34. The van der Waals surface area contributed by atoms with Crippen molar-refractivity contribution in [2.24, 2.45) is 0 Å². The molecule has 122 valence electrons. The summed E-state index contributed by atoms with van der Waals surface area (Å²) in [6.45, 7) is 0. The van der Waals surface area contributed by atoms with Crippen LogP contribution in [0.5, 0.6) is 5.75 Å². The molecule has 2 aromatic carbocycles. The van der Waals surface area contributed by atoms with Gasteiger partial charge in [0.15, 0.2) is 5.13 Å². The zero-order valence-corrected chi connectivity index (χ0v) is 15.7. The van der Waals surface area contributed by atoms with E-state index in [1.165, 1.54) is 17.4 Å². The van der Waals surface area contributed by atoms with Gasteiger partial charge in [-0.1, -0.05) is 44.9 Å². The first kappa shape index (κ1) is 17.0. The van der Waals surface area contributed by atoms with Gasteiger partial charge in [0.2, 0.25) is 5.91 Å². The van der Waals surface area contributed by atoms with Crippen LogP contribution in [0.15, 0.2) is 46.9 Å². The average Bonchev–Trinajstić information content (AvgIpc) is 2.97. The molecule has 0 spiro atoms. The van der Waals surface area contributed by atoms with E-state index in [0.29, 0.717) is 21.4 Å². The Morgan fingerprint density at radius 2 is 2.21 bits per heavy atom. The van der Waals surface area contributed by atoms with Gasteiger partial charge in [-0.3, -0.25) is 10.1 Å². The fourth-order valence-electron chi connectivity index (χ4n) is 2.12. The van der Waals surface area contributed by atoms with Crippen LogP contribution < -0.4 is 10.1 Å². The molecule has 0 saturated heterocycles. The topological polar surface area (TPSA) is 51.2 Å². The first-order valence-corrected chi connectivity index (χ1v) is 8.93. The molecule has 0 fully saturated rings. The van der Waals surface area contributed by atoms with Gasteiger partial charge in [0, 0.05) is 16.1 Å². The normalized spacial score (nSPS) is 11.1. The lowest BCUT2D eigenvalue weighted by molar-refractivity contribution is -0.111. The lowest BCUT2D eigenvalue weighted by Gasteiger charge is -2.04. The lowest BCUT2D eigenvalue weighted by Crippen LogP contribution is -2.07. The number of amides is 1. The van der Waals surface area contributed by atoms with E-state index in [9.17, 15) is 4.79 Å². The standard InChI is InChI=1S/C17H12BrClN2O2S/c1-23-13-7-6-11(18)9-10(13)5-8-15(22)20-17-21-16-12(19)3-2-4-14(16)24-17/h2-9H,1H3,(H,20,21,22). The largest absolute Gasteiger partial charge is 0.496 e. The molecule has 0 saturated carbocycles. The van der Waals surface area contributed by atoms with E-state index < -0.39 is 0 Å². The van der Waals surface area contributed by atoms with E-state index >= 15 is 0 Å². The minimum absolute atomic E-state index is 0.271. The van der Waals surface area contributed by atoms with Crippen LogP contribution in [0.1, 0.15) is 5.56 Å². The number of nitrogens with zero attached hydrogens (tertiary/aromatic N) is 1. The first-order valence-electron chi connectivity index (χ1n) is 6.94. The molecule has 24 heavy (non-hydrogen) atoms. The van der Waals surface area contributed by atoms with Crippen molar-refractivity contribution in [2.75, 3.05) is 12.4 Å². The highest BCUT2D eigenvalue weighted by molar-refractivity contribution is 9.10. The highest BCUT2D eigenvalue weighted by Gasteiger charge is 2.08. The smallest absolute Gasteiger partial charge is 0.250 e. The summed E-state index contributed by atoms with van der Waals surface area (Å²) in [6.07, 6.45) is 3.14. The maximum atomic E-state index is 12.1. The Labute approximate surface area is 156 Å². The summed E-state index contributed by atoms with van der Waals surface area (Å²) in [5, 5.41) is 3.83. The molecule has 7 heteroatoms. The summed E-state index contributed by atoms with van der Waals surface area (Å²) < 4.78 is 7.11. The summed E-state index contributed by atoms with van der Waals surface area (Å²) >= 11 is 10.9. The molecule has 0 aliphatic rings. The number of carbonyl (C=O) groups excluding carboxylic acids is 1. The number of hydrogen-bond acceptors (Lipinski definition) is 4. The van der Waals surface area contributed by atoms with Crippen molar-refractivity contribution in [1.29, 1.82) is 0 Å². The Balaban J connectivity index is 1.77. The molecule has 0 unspecified atom stereocenters. The molecule has 0 radical (unpaired) electrons. The Hall–Kier alpha value is -1.89. The summed E-state index contributed by atoms with van der Waals surface area (Å²) in [4.78, 5) is 16.5. The van der Waals surface area contributed by atoms with Gasteiger partial charge in [0.05, 0.1) is 16.8 Å². The second-order valence-corrected chi connectivity index (χ2v) is 7.17. The van der Waals surface area contributed by atoms with Crippen molar-refractivity contribution >= 4 is 66.2 Å². The maximum absolute atomic E-state index is 12.1. The van der Waals surface area contributed by atoms with Gasteiger partial charge >= 0.3 is 0 Å². The third-order valence-electron chi connectivity index (χ3n) is 3.21. The van der Waals surface area contributed by atoms with E-state index in [1.807, 2.05) is 30.3 Å². The Morgan fingerprint density at radius 3 is 2.96 bits per heavy atom. The number of rotatable bonds is 4. The Bertz CT molecular complexity index is 939. The summed E-state index contributed by atoms with van der Waals surface area (Å²) in [5.41, 5.74) is 1.49. The second-order valence-electron chi connectivity index (χ2n) is 4.81. The first-order chi connectivity index (χ1) is 11.6. The monoisotopic (exact) mass is 422 g/mol. The number of halogens is 2. The van der Waals surface area contributed by atoms with Gasteiger partial charge in [-0.2, -0.15) is 0 Å². The summed E-state index contributed by atoms with van der Waals surface area (Å²) in [7, 11) is 1.59. The molecular weight excluding hydrogens is 412 g/mol. The van der Waals surface area contributed by atoms with Crippen LogP contribution in [0, 0.1) is 0 Å². The van der Waals surface area contributed by atoms with Gasteiger partial charge in [-0.05, 0) is 36.4 Å². The number of methoxy groups -OCH3 is 1. The van der Waals surface area contributed by atoms with Crippen LogP contribution in [-0.2, 0) is 4.79 Å². The number of anilines is 1. The van der Waals surface area contributed by atoms with Crippen molar-refractivity contribution < 1.29 is 9.53 Å². The van der Waals surface area contributed by atoms with E-state index in [4.69, 9.17) is 16.3 Å². The maximum Gasteiger partial charge on any atom is 0.250 e. The van der Waals surface area contributed by atoms with E-state index in [-0.39, 0.29) is 5.91 Å². The molecule has 0 bridgehead atoms. The SMILES string of the molecule is COc1ccc(Br)cc1C=CC(=O)Nc1nc2c(Cl)cccc2s1. The van der Waals surface area contributed by atoms with Gasteiger partial charge < -0.3 is 4.74 Å². The minimum atomic E-state index is -0.271. The van der Waals surface area contributed by atoms with Crippen LogP contribution >= 0.6 is 38.9 Å². The third kappa shape index (κ3) is 3.77. The predicted octanol–water partition coefficient (Wildman–Crippen LogP) is 5.37. The molecule has 0 aliphatic carbocycles. The lowest BCUT2D eigenvalue weighted by atomic mass is 10.2. The van der Waals surface area contributed by atoms with Crippen molar-refractivity contribution in [3.63, 3.8) is 0 Å². The molecule has 0 atom stereocenters. The Kier molecular flexibility index (Phi) is 5.18. The van der Waals surface area contributed by atoms with Crippen molar-refractivity contribution in [2.45, 2.75) is 0 Å². The molecule has 1 amide bonds. The number of fused-ring (bicyclic) bond motifs is 1. The molecule has 1 heterocycles. The molecule has 3 rings (SSSR count). The van der Waals surface area contributed by atoms with Crippen molar-refractivity contribution in [3.8, 4) is 5.75 Å². The van der Waals surface area contributed by atoms with Gasteiger partial charge in [0.25, 0.3) is 0 Å². The number of hydrogen-bond donors (Lipinski definition) is 1. The van der Waals surface area contributed by atoms with Crippen LogP contribution in [-0.4, -0.2) is 18.0 Å². The highest BCUT2D eigenvalue weighted by Crippen LogP contribution is 2.30. The van der Waals surface area contributed by atoms with Gasteiger partial charge in [-0.15, -0.1) is 0 Å². The number of aromatic nitrogens is 1. The molecular formula is C17H12BrClN2O2S. The number of thiazole rings is 1. The van der Waals surface area contributed by atoms with Crippen LogP contribution in [0.3, 0.4) is 0 Å². The third-order valence-corrected chi connectivity index (χ3v) is 4.94. The van der Waals surface area contributed by atoms with Crippen LogP contribution in [0.25, 0.3) is 16.3 Å². The summed E-state index contributed by atoms with van der Waals surface area (Å²) in [5.74, 6) is 0.418. The van der Waals surface area contributed by atoms with E-state index in [1.54, 1.807) is 19.3 Å². The van der Waals surface area contributed by atoms with Crippen LogP contribution in [0.2, 0.25) is 5.02 Å². The number of benzene rings is 2. The fraction of sp³-hybridized carbons (Fsp3) is 0.0588. The van der Waals surface area contributed by atoms with Crippen LogP contribution in [0.4, 0.5) is 5.13 Å². The molecule has 1 aromatic heterocycles. The number of nitrogens with one attached hydrogen (secondary N) is 1. The molecule has 4 nitrogen and oxygen atoms in total. The number of ether oxygens (including phenoxy) is 1. The fourth-order valence-corrected chi connectivity index (χ4v) is 3.66. The molecule has 1 N–H and O–H groups in total. The summed E-state index contributed by atoms with van der Waals surface area (Å²) in [6, 6.07) is 11.1. The molecule has 3 aromatic rings. The number of para-hydroxylation sites is 1. The van der Waals surface area contributed by atoms with Crippen molar-refractivity contribution in [1.82, 2.24) is 4.98 Å². The van der Waals surface area contributed by atoms with Crippen molar-refractivity contribution in [3.05, 3.63) is 57.5 Å². The van der Waals surface area contributed by atoms with E-state index in [0.717, 1.165) is 14.7 Å². The van der Waals surface area contributed by atoms with E-state index in [2.05, 4.69) is 26.2 Å². The van der Waals surface area contributed by atoms with Gasteiger partial charge in [0.1, 0.15) is 11.3 Å². The highest BCUT2D eigenvalue weighted by atomic mass is 79.9. The average molecular weight is 424 g/mol. The zero-order valence-electron chi connectivity index (χ0n) is 12.5. The zero-order chi connectivity index (χ0) is 17.1. The van der Waals surface area contributed by atoms with Gasteiger partial charge in [-0.25, -0.2) is 4.98 Å². The molecule has 0 aliphatic heterocycles. The number of carbonyl (C=O) groups is 1. The quantitative estimate of drug-likeness (QED) is 0.574. The Morgan fingerprint density at radius 1 is 1.38 bits per heavy atom. The minimum Gasteiger partial charge on any atom is -0.496 e. The predicted molar refractivity (Wildman–Crippen MR) is 103 cm³/mol.